The Morgan fingerprint density at radius 3 is 2.28 bits per heavy atom. The number of sulfonamides is 1. The third kappa shape index (κ3) is 5.78. The summed E-state index contributed by atoms with van der Waals surface area (Å²) in [5.41, 5.74) is 2.18. The molecule has 1 aliphatic rings. The third-order valence-electron chi connectivity index (χ3n) is 7.03. The zero-order chi connectivity index (χ0) is 27.4. The van der Waals surface area contributed by atoms with Crippen LogP contribution < -0.4 is 4.72 Å². The third-order valence-corrected chi connectivity index (χ3v) is 8.45. The molecule has 4 aromatic rings. The highest BCUT2D eigenvalue weighted by atomic mass is 32.2. The number of fused-ring (bicyclic) bond motifs is 1. The first-order valence-electron chi connectivity index (χ1n) is 12.9. The number of hydrogen-bond acceptors (Lipinski definition) is 5. The first kappa shape index (κ1) is 26.4. The van der Waals surface area contributed by atoms with Gasteiger partial charge in [-0.3, -0.25) is 19.3 Å². The Hall–Kier alpha value is -4.24. The first-order chi connectivity index (χ1) is 18.8. The van der Waals surface area contributed by atoms with Crippen molar-refractivity contribution in [3.63, 3.8) is 0 Å². The topological polar surface area (TPSA) is 99.7 Å². The fourth-order valence-electron chi connectivity index (χ4n) is 4.87. The summed E-state index contributed by atoms with van der Waals surface area (Å²) in [5.74, 6) is -0.323. The van der Waals surface area contributed by atoms with Gasteiger partial charge in [0.15, 0.2) is 0 Å². The van der Waals surface area contributed by atoms with Crippen molar-refractivity contribution < 1.29 is 18.0 Å². The standard InChI is InChI=1S/C30H30N4O4S/c1-22(23-8-3-2-4-9-23)29(35)33-18-7-19-34(21-20-33)30(36)25-13-15-26(16-14-25)32-39(37,38)27-12-5-10-24-11-6-17-31-28(24)27/h2-6,8-17,22,32H,7,18-21H2,1H3. The van der Waals surface area contributed by atoms with Gasteiger partial charge in [0, 0.05) is 49.0 Å². The largest absolute Gasteiger partial charge is 0.340 e. The van der Waals surface area contributed by atoms with Gasteiger partial charge in [0.05, 0.1) is 11.4 Å². The predicted molar refractivity (Wildman–Crippen MR) is 151 cm³/mol. The van der Waals surface area contributed by atoms with E-state index in [2.05, 4.69) is 9.71 Å². The van der Waals surface area contributed by atoms with E-state index in [9.17, 15) is 18.0 Å². The molecule has 0 spiro atoms. The Kier molecular flexibility index (Phi) is 7.60. The second-order valence-electron chi connectivity index (χ2n) is 9.62. The maximum atomic E-state index is 13.2. The van der Waals surface area contributed by atoms with Crippen molar-refractivity contribution in [2.75, 3.05) is 30.9 Å². The molecule has 1 N–H and O–H groups in total. The number of anilines is 1. The van der Waals surface area contributed by atoms with Gasteiger partial charge in [0.25, 0.3) is 15.9 Å². The zero-order valence-corrected chi connectivity index (χ0v) is 22.5. The highest BCUT2D eigenvalue weighted by Gasteiger charge is 2.26. The maximum absolute atomic E-state index is 13.2. The quantitative estimate of drug-likeness (QED) is 0.386. The van der Waals surface area contributed by atoms with Gasteiger partial charge in [0.1, 0.15) is 4.90 Å². The summed E-state index contributed by atoms with van der Waals surface area (Å²) in [6.07, 6.45) is 2.25. The van der Waals surface area contributed by atoms with Crippen LogP contribution in [0.1, 0.15) is 35.2 Å². The van der Waals surface area contributed by atoms with Crippen LogP contribution in [0.2, 0.25) is 0 Å². The van der Waals surface area contributed by atoms with Crippen LogP contribution in [-0.2, 0) is 14.8 Å². The van der Waals surface area contributed by atoms with Crippen molar-refractivity contribution in [3.8, 4) is 0 Å². The number of carbonyl (C=O) groups excluding carboxylic acids is 2. The van der Waals surface area contributed by atoms with Crippen LogP contribution in [0.15, 0.2) is 96.0 Å². The lowest BCUT2D eigenvalue weighted by molar-refractivity contribution is -0.132. The number of aromatic nitrogens is 1. The number of rotatable bonds is 6. The molecule has 5 rings (SSSR count). The lowest BCUT2D eigenvalue weighted by Gasteiger charge is -2.25. The number of pyridine rings is 1. The van der Waals surface area contributed by atoms with E-state index in [1.165, 1.54) is 6.07 Å². The molecule has 3 aromatic carbocycles. The molecule has 0 aliphatic carbocycles. The van der Waals surface area contributed by atoms with Gasteiger partial charge in [-0.1, -0.05) is 48.5 Å². The molecule has 1 saturated heterocycles. The molecule has 2 amide bonds. The van der Waals surface area contributed by atoms with Gasteiger partial charge in [-0.25, -0.2) is 8.42 Å². The number of amides is 2. The molecule has 9 heteroatoms. The number of nitrogens with zero attached hydrogens (tertiary/aromatic N) is 3. The Balaban J connectivity index is 1.23. The maximum Gasteiger partial charge on any atom is 0.264 e. The number of hydrogen-bond donors (Lipinski definition) is 1. The number of benzene rings is 3. The summed E-state index contributed by atoms with van der Waals surface area (Å²) < 4.78 is 28.8. The summed E-state index contributed by atoms with van der Waals surface area (Å²) in [4.78, 5) is 34.2. The average molecular weight is 543 g/mol. The van der Waals surface area contributed by atoms with E-state index in [0.717, 1.165) is 10.9 Å². The van der Waals surface area contributed by atoms with Gasteiger partial charge in [-0.2, -0.15) is 0 Å². The monoisotopic (exact) mass is 542 g/mol. The summed E-state index contributed by atoms with van der Waals surface area (Å²) in [6, 6.07) is 24.7. The van der Waals surface area contributed by atoms with Gasteiger partial charge in [-0.05, 0) is 55.3 Å². The molecule has 1 atom stereocenters. The number of carbonyl (C=O) groups is 2. The summed E-state index contributed by atoms with van der Waals surface area (Å²) >= 11 is 0. The Labute approximate surface area is 228 Å². The van der Waals surface area contributed by atoms with Gasteiger partial charge in [0.2, 0.25) is 5.91 Å². The summed E-state index contributed by atoms with van der Waals surface area (Å²) in [7, 11) is -3.89. The van der Waals surface area contributed by atoms with Crippen molar-refractivity contribution >= 4 is 38.4 Å². The van der Waals surface area contributed by atoms with Crippen LogP contribution in [0, 0.1) is 0 Å². The van der Waals surface area contributed by atoms with E-state index in [1.54, 1.807) is 47.5 Å². The molecule has 0 bridgehead atoms. The first-order valence-corrected chi connectivity index (χ1v) is 14.4. The Morgan fingerprint density at radius 1 is 0.821 bits per heavy atom. The zero-order valence-electron chi connectivity index (χ0n) is 21.7. The molecule has 2 heterocycles. The SMILES string of the molecule is CC(C(=O)N1CCCN(C(=O)c2ccc(NS(=O)(=O)c3cccc4cccnc34)cc2)CC1)c1ccccc1. The van der Waals surface area contributed by atoms with Crippen molar-refractivity contribution in [2.45, 2.75) is 24.2 Å². The van der Waals surface area contributed by atoms with Crippen LogP contribution in [-0.4, -0.2) is 61.2 Å². The molecule has 1 aliphatic heterocycles. The molecular formula is C30H30N4O4S. The lowest BCUT2D eigenvalue weighted by Crippen LogP contribution is -2.39. The molecule has 1 aromatic heterocycles. The number of para-hydroxylation sites is 1. The molecule has 8 nitrogen and oxygen atoms in total. The van der Waals surface area contributed by atoms with Crippen molar-refractivity contribution in [3.05, 3.63) is 102 Å². The van der Waals surface area contributed by atoms with Crippen molar-refractivity contribution in [1.82, 2.24) is 14.8 Å². The average Bonchev–Trinajstić information content (AvgIpc) is 3.23. The van der Waals surface area contributed by atoms with E-state index in [1.807, 2.05) is 54.3 Å². The molecule has 1 fully saturated rings. The predicted octanol–water partition coefficient (Wildman–Crippen LogP) is 4.51. The van der Waals surface area contributed by atoms with Crippen LogP contribution in [0.25, 0.3) is 10.9 Å². The van der Waals surface area contributed by atoms with E-state index < -0.39 is 10.0 Å². The van der Waals surface area contributed by atoms with Gasteiger partial charge < -0.3 is 9.80 Å². The van der Waals surface area contributed by atoms with E-state index in [-0.39, 0.29) is 22.6 Å². The highest BCUT2D eigenvalue weighted by Crippen LogP contribution is 2.24. The van der Waals surface area contributed by atoms with Gasteiger partial charge in [-0.15, -0.1) is 0 Å². The number of nitrogens with one attached hydrogen (secondary N) is 1. The van der Waals surface area contributed by atoms with Crippen LogP contribution >= 0.6 is 0 Å². The minimum atomic E-state index is -3.89. The lowest BCUT2D eigenvalue weighted by atomic mass is 10.00. The van der Waals surface area contributed by atoms with Crippen molar-refractivity contribution in [2.24, 2.45) is 0 Å². The second kappa shape index (κ2) is 11.2. The molecule has 0 saturated carbocycles. The molecule has 0 radical (unpaired) electrons. The summed E-state index contributed by atoms with van der Waals surface area (Å²) in [6.45, 7) is 3.97. The minimum Gasteiger partial charge on any atom is -0.340 e. The normalized spacial score (nSPS) is 15.0. The van der Waals surface area contributed by atoms with Crippen LogP contribution in [0.3, 0.4) is 0 Å². The van der Waals surface area contributed by atoms with Gasteiger partial charge >= 0.3 is 0 Å². The molecule has 39 heavy (non-hydrogen) atoms. The highest BCUT2D eigenvalue weighted by molar-refractivity contribution is 7.93. The molecule has 200 valence electrons. The van der Waals surface area contributed by atoms with E-state index in [0.29, 0.717) is 49.4 Å². The Bertz CT molecular complexity index is 1590. The van der Waals surface area contributed by atoms with Crippen molar-refractivity contribution in [1.29, 1.82) is 0 Å². The second-order valence-corrected chi connectivity index (χ2v) is 11.3. The molecular weight excluding hydrogens is 512 g/mol. The van der Waals surface area contributed by atoms with E-state index in [4.69, 9.17) is 0 Å². The summed E-state index contributed by atoms with van der Waals surface area (Å²) in [5, 5.41) is 0.730. The Morgan fingerprint density at radius 2 is 1.51 bits per heavy atom. The van der Waals surface area contributed by atoms with E-state index >= 15 is 0 Å². The van der Waals surface area contributed by atoms with Crippen LogP contribution in [0.5, 0.6) is 0 Å². The minimum absolute atomic E-state index is 0.0635. The fourth-order valence-corrected chi connectivity index (χ4v) is 6.10. The van der Waals surface area contributed by atoms with Crippen LogP contribution in [0.4, 0.5) is 5.69 Å². The fraction of sp³-hybridized carbons (Fsp3) is 0.233. The smallest absolute Gasteiger partial charge is 0.264 e. The molecule has 1 unspecified atom stereocenters.